The highest BCUT2D eigenvalue weighted by Gasteiger charge is 2.26. The van der Waals surface area contributed by atoms with Gasteiger partial charge in [0.25, 0.3) is 0 Å². The van der Waals surface area contributed by atoms with Crippen LogP contribution in [0.5, 0.6) is 0 Å². The molecule has 1 unspecified atom stereocenters. The first-order valence-corrected chi connectivity index (χ1v) is 8.10. The average molecular weight is 316 g/mol. The second kappa shape index (κ2) is 7.15. The normalized spacial score (nSPS) is 15.2. The number of hydrogen-bond donors (Lipinski definition) is 1. The first kappa shape index (κ1) is 17.8. The molecule has 1 aromatic carbocycles. The zero-order valence-electron chi connectivity index (χ0n) is 13.3. The number of halogens is 2. The fraction of sp³-hybridized carbons (Fsp3) is 0.647. The van der Waals surface area contributed by atoms with Gasteiger partial charge in [-0.15, -0.1) is 0 Å². The molecule has 0 aromatic heterocycles. The topological polar surface area (TPSA) is 12.0 Å². The van der Waals surface area contributed by atoms with Crippen LogP contribution < -0.4 is 5.32 Å². The summed E-state index contributed by atoms with van der Waals surface area (Å²) < 4.78 is 0. The van der Waals surface area contributed by atoms with Crippen molar-refractivity contribution in [3.63, 3.8) is 0 Å². The molecule has 0 saturated carbocycles. The van der Waals surface area contributed by atoms with E-state index in [0.717, 1.165) is 13.0 Å². The monoisotopic (exact) mass is 315 g/mol. The summed E-state index contributed by atoms with van der Waals surface area (Å²) in [6, 6.07) is 5.97. The quantitative estimate of drug-likeness (QED) is 0.706. The molecule has 0 saturated heterocycles. The molecule has 3 heteroatoms. The van der Waals surface area contributed by atoms with Gasteiger partial charge in [-0.3, -0.25) is 0 Å². The summed E-state index contributed by atoms with van der Waals surface area (Å²) in [6.07, 6.45) is 3.39. The molecule has 1 atom stereocenters. The van der Waals surface area contributed by atoms with Gasteiger partial charge in [0.15, 0.2) is 0 Å². The Morgan fingerprint density at radius 1 is 1.05 bits per heavy atom. The highest BCUT2D eigenvalue weighted by Crippen LogP contribution is 2.31. The molecular weight excluding hydrogens is 289 g/mol. The van der Waals surface area contributed by atoms with E-state index in [1.54, 1.807) is 0 Å². The molecule has 1 aromatic rings. The Morgan fingerprint density at radius 3 is 2.20 bits per heavy atom. The maximum absolute atomic E-state index is 6.12. The smallest absolute Gasteiger partial charge is 0.0595 e. The Balaban J connectivity index is 2.81. The Hall–Kier alpha value is -0.240. The summed E-state index contributed by atoms with van der Waals surface area (Å²) in [5.41, 5.74) is 1.64. The summed E-state index contributed by atoms with van der Waals surface area (Å²) in [7, 11) is 0. The predicted molar refractivity (Wildman–Crippen MR) is 90.9 cm³/mol. The Bertz CT molecular complexity index is 437. The van der Waals surface area contributed by atoms with Gasteiger partial charge < -0.3 is 5.32 Å². The maximum Gasteiger partial charge on any atom is 0.0595 e. The third kappa shape index (κ3) is 6.03. The summed E-state index contributed by atoms with van der Waals surface area (Å²) in [5, 5.41) is 4.91. The van der Waals surface area contributed by atoms with Gasteiger partial charge in [-0.05, 0) is 56.7 Å². The van der Waals surface area contributed by atoms with E-state index in [0.29, 0.717) is 10.0 Å². The van der Waals surface area contributed by atoms with Gasteiger partial charge in [-0.2, -0.15) is 0 Å². The van der Waals surface area contributed by atoms with Gasteiger partial charge in [0.2, 0.25) is 0 Å². The van der Waals surface area contributed by atoms with Crippen LogP contribution in [-0.4, -0.2) is 12.1 Å². The van der Waals surface area contributed by atoms with Crippen molar-refractivity contribution in [1.82, 2.24) is 5.32 Å². The van der Waals surface area contributed by atoms with Crippen molar-refractivity contribution in [3.8, 4) is 0 Å². The van der Waals surface area contributed by atoms with E-state index in [1.165, 1.54) is 18.4 Å². The predicted octanol–water partition coefficient (Wildman–Crippen LogP) is 5.73. The summed E-state index contributed by atoms with van der Waals surface area (Å²) >= 11 is 12.1. The maximum atomic E-state index is 6.12. The molecule has 1 nitrogen and oxygen atoms in total. The third-order valence-corrected chi connectivity index (χ3v) is 4.25. The molecular formula is C17H27Cl2N. The molecule has 1 N–H and O–H groups in total. The van der Waals surface area contributed by atoms with Gasteiger partial charge in [-0.25, -0.2) is 0 Å². The third-order valence-electron chi connectivity index (χ3n) is 3.51. The average Bonchev–Trinajstić information content (AvgIpc) is 2.31. The lowest BCUT2D eigenvalue weighted by Gasteiger charge is -2.34. The van der Waals surface area contributed by atoms with Crippen LogP contribution in [0.3, 0.4) is 0 Å². The molecule has 114 valence electrons. The minimum absolute atomic E-state index is 0.145. The molecule has 0 heterocycles. The van der Waals surface area contributed by atoms with E-state index in [1.807, 2.05) is 12.1 Å². The zero-order valence-corrected chi connectivity index (χ0v) is 14.8. The molecule has 0 fully saturated rings. The number of nitrogens with one attached hydrogen (secondary N) is 1. The van der Waals surface area contributed by atoms with Gasteiger partial charge in [0.05, 0.1) is 10.0 Å². The van der Waals surface area contributed by atoms with Crippen molar-refractivity contribution in [1.29, 1.82) is 0 Å². The second-order valence-corrected chi connectivity index (χ2v) is 7.90. The van der Waals surface area contributed by atoms with Crippen LogP contribution in [0.4, 0.5) is 0 Å². The van der Waals surface area contributed by atoms with Gasteiger partial charge in [-0.1, -0.05) is 49.5 Å². The minimum Gasteiger partial charge on any atom is -0.312 e. The molecule has 0 aliphatic carbocycles. The first-order valence-electron chi connectivity index (χ1n) is 7.34. The molecule has 0 radical (unpaired) electrons. The standard InChI is InChI=1S/C17H27Cl2N/c1-6-9-17(5,12-20-16(2,3)4)11-13-7-8-14(18)15(19)10-13/h7-8,10,20H,6,9,11-12H2,1-5H3. The first-order chi connectivity index (χ1) is 9.15. The van der Waals surface area contributed by atoms with Gasteiger partial charge in [0.1, 0.15) is 0 Å². The summed E-state index contributed by atoms with van der Waals surface area (Å²) in [6.45, 7) is 12.2. The Kier molecular flexibility index (Phi) is 6.37. The van der Waals surface area contributed by atoms with Crippen LogP contribution in [-0.2, 0) is 6.42 Å². The molecule has 20 heavy (non-hydrogen) atoms. The Morgan fingerprint density at radius 2 is 1.70 bits per heavy atom. The van der Waals surface area contributed by atoms with Crippen molar-refractivity contribution in [2.75, 3.05) is 6.54 Å². The van der Waals surface area contributed by atoms with E-state index >= 15 is 0 Å². The van der Waals surface area contributed by atoms with Crippen molar-refractivity contribution >= 4 is 23.2 Å². The molecule has 0 amide bonds. The lowest BCUT2D eigenvalue weighted by Crippen LogP contribution is -2.43. The van der Waals surface area contributed by atoms with E-state index in [-0.39, 0.29) is 11.0 Å². The highest BCUT2D eigenvalue weighted by molar-refractivity contribution is 6.42. The fourth-order valence-electron chi connectivity index (χ4n) is 2.46. The van der Waals surface area contributed by atoms with E-state index in [9.17, 15) is 0 Å². The van der Waals surface area contributed by atoms with Crippen LogP contribution >= 0.6 is 23.2 Å². The molecule has 0 aliphatic heterocycles. The van der Waals surface area contributed by atoms with Crippen molar-refractivity contribution < 1.29 is 0 Å². The van der Waals surface area contributed by atoms with Gasteiger partial charge >= 0.3 is 0 Å². The van der Waals surface area contributed by atoms with E-state index in [2.05, 4.69) is 46.0 Å². The van der Waals surface area contributed by atoms with Crippen molar-refractivity contribution in [3.05, 3.63) is 33.8 Å². The van der Waals surface area contributed by atoms with Crippen molar-refractivity contribution in [2.45, 2.75) is 59.4 Å². The van der Waals surface area contributed by atoms with Crippen LogP contribution in [0.2, 0.25) is 10.0 Å². The summed E-state index contributed by atoms with van der Waals surface area (Å²) in [5.74, 6) is 0. The van der Waals surface area contributed by atoms with Gasteiger partial charge in [0, 0.05) is 12.1 Å². The SMILES string of the molecule is CCCC(C)(CNC(C)(C)C)Cc1ccc(Cl)c(Cl)c1. The second-order valence-electron chi connectivity index (χ2n) is 7.09. The Labute approximate surface area is 134 Å². The molecule has 0 aliphatic rings. The van der Waals surface area contributed by atoms with Crippen LogP contribution in [0, 0.1) is 5.41 Å². The number of benzene rings is 1. The summed E-state index contributed by atoms with van der Waals surface area (Å²) in [4.78, 5) is 0. The van der Waals surface area contributed by atoms with Crippen LogP contribution in [0.1, 0.15) is 53.0 Å². The largest absolute Gasteiger partial charge is 0.312 e. The fourth-order valence-corrected chi connectivity index (χ4v) is 2.78. The number of rotatable bonds is 6. The highest BCUT2D eigenvalue weighted by atomic mass is 35.5. The lowest BCUT2D eigenvalue weighted by atomic mass is 9.79. The number of hydrogen-bond acceptors (Lipinski definition) is 1. The van der Waals surface area contributed by atoms with E-state index in [4.69, 9.17) is 23.2 Å². The molecule has 0 spiro atoms. The van der Waals surface area contributed by atoms with E-state index < -0.39 is 0 Å². The minimum atomic E-state index is 0.145. The molecule has 1 rings (SSSR count). The van der Waals surface area contributed by atoms with Crippen molar-refractivity contribution in [2.24, 2.45) is 5.41 Å². The zero-order chi connectivity index (χ0) is 15.4. The van der Waals surface area contributed by atoms with Crippen LogP contribution in [0.25, 0.3) is 0 Å². The van der Waals surface area contributed by atoms with Crippen LogP contribution in [0.15, 0.2) is 18.2 Å². The molecule has 0 bridgehead atoms. The lowest BCUT2D eigenvalue weighted by molar-refractivity contribution is 0.244.